The Bertz CT molecular complexity index is 1440. The summed E-state index contributed by atoms with van der Waals surface area (Å²) < 4.78 is 46.4. The molecule has 40 heavy (non-hydrogen) atoms. The Hall–Kier alpha value is -3.18. The number of anilines is 1. The highest BCUT2D eigenvalue weighted by Crippen LogP contribution is 2.49. The molecule has 1 saturated heterocycles. The van der Waals surface area contributed by atoms with Gasteiger partial charge in [-0.1, -0.05) is 43.5 Å². The lowest BCUT2D eigenvalue weighted by atomic mass is 9.88. The van der Waals surface area contributed by atoms with Crippen molar-refractivity contribution in [2.45, 2.75) is 82.1 Å². The number of nitrogens with one attached hydrogen (secondary N) is 1. The molecule has 3 aromatic rings. The van der Waals surface area contributed by atoms with Gasteiger partial charge in [0.15, 0.2) is 0 Å². The molecule has 7 rings (SSSR count). The summed E-state index contributed by atoms with van der Waals surface area (Å²) in [6, 6.07) is 10.3. The second kappa shape index (κ2) is 10.7. The average molecular weight is 548 g/mol. The van der Waals surface area contributed by atoms with Crippen molar-refractivity contribution in [2.75, 3.05) is 25.0 Å². The van der Waals surface area contributed by atoms with Crippen LogP contribution < -0.4 is 5.32 Å². The number of alkyl halides is 2. The lowest BCUT2D eigenvalue weighted by molar-refractivity contribution is -0.0592. The second-order valence-electron chi connectivity index (χ2n) is 12.1. The summed E-state index contributed by atoms with van der Waals surface area (Å²) in [5.41, 5.74) is 2.05. The van der Waals surface area contributed by atoms with Crippen LogP contribution in [-0.2, 0) is 17.8 Å². The van der Waals surface area contributed by atoms with E-state index in [2.05, 4.69) is 32.3 Å². The van der Waals surface area contributed by atoms with Gasteiger partial charge in [-0.2, -0.15) is 5.26 Å². The molecule has 3 aliphatic heterocycles. The maximum absolute atomic E-state index is 15.7. The maximum atomic E-state index is 15.7. The summed E-state index contributed by atoms with van der Waals surface area (Å²) in [5, 5.41) is 14.0. The molecular weight excluding hydrogens is 511 g/mol. The van der Waals surface area contributed by atoms with Crippen LogP contribution in [0.1, 0.15) is 86.6 Å². The van der Waals surface area contributed by atoms with Gasteiger partial charge in [0.05, 0.1) is 28.6 Å². The molecule has 0 amide bonds. The molecule has 1 aromatic heterocycles. The Kier molecular flexibility index (Phi) is 7.20. The summed E-state index contributed by atoms with van der Waals surface area (Å²) in [7, 11) is 0. The van der Waals surface area contributed by atoms with E-state index in [0.717, 1.165) is 79.9 Å². The molecule has 8 bridgehead atoms. The van der Waals surface area contributed by atoms with Crippen molar-refractivity contribution in [3.05, 3.63) is 64.7 Å². The Morgan fingerprint density at radius 1 is 1.05 bits per heavy atom. The van der Waals surface area contributed by atoms with E-state index >= 15 is 13.2 Å². The van der Waals surface area contributed by atoms with Gasteiger partial charge in [-0.05, 0) is 68.7 Å². The van der Waals surface area contributed by atoms with Gasteiger partial charge in [0.1, 0.15) is 18.0 Å². The van der Waals surface area contributed by atoms with Crippen LogP contribution in [0.3, 0.4) is 0 Å². The van der Waals surface area contributed by atoms with Gasteiger partial charge in [-0.15, -0.1) is 0 Å². The molecule has 0 spiro atoms. The molecule has 0 radical (unpaired) electrons. The van der Waals surface area contributed by atoms with Gasteiger partial charge in [-0.25, -0.2) is 23.1 Å². The Balaban J connectivity index is 1.38. The lowest BCUT2D eigenvalue weighted by Crippen LogP contribution is -2.48. The third-order valence-corrected chi connectivity index (χ3v) is 9.07. The SMILES string of the molecule is C[C@H]1Nc2ncnc3c(cc(C4(C#N)CC4)cc23)CCCCCCCN2CC(C2)CC(F)(F)c2cccc1c2F. The van der Waals surface area contributed by atoms with Crippen molar-refractivity contribution in [3.63, 3.8) is 0 Å². The third-order valence-electron chi connectivity index (χ3n) is 9.07. The van der Waals surface area contributed by atoms with Crippen LogP contribution in [0.15, 0.2) is 36.7 Å². The topological polar surface area (TPSA) is 64.8 Å². The number of aromatic nitrogens is 2. The minimum Gasteiger partial charge on any atom is -0.363 e. The first-order valence-corrected chi connectivity index (χ1v) is 14.6. The molecule has 210 valence electrons. The molecule has 0 unspecified atom stereocenters. The zero-order chi connectivity index (χ0) is 27.9. The predicted octanol–water partition coefficient (Wildman–Crippen LogP) is 7.42. The summed E-state index contributed by atoms with van der Waals surface area (Å²) in [5.74, 6) is -3.71. The van der Waals surface area contributed by atoms with Crippen LogP contribution in [0.25, 0.3) is 10.9 Å². The molecule has 1 aliphatic carbocycles. The number of nitrogens with zero attached hydrogens (tertiary/aromatic N) is 4. The zero-order valence-corrected chi connectivity index (χ0v) is 23.0. The molecule has 5 nitrogen and oxygen atoms in total. The number of fused-ring (bicyclic) bond motifs is 8. The van der Waals surface area contributed by atoms with E-state index in [9.17, 15) is 5.26 Å². The highest BCUT2D eigenvalue weighted by molar-refractivity contribution is 5.92. The van der Waals surface area contributed by atoms with Crippen LogP contribution >= 0.6 is 0 Å². The van der Waals surface area contributed by atoms with E-state index in [1.807, 2.05) is 6.07 Å². The quantitative estimate of drug-likeness (QED) is 0.344. The number of benzene rings is 2. The maximum Gasteiger partial charge on any atom is 0.276 e. The van der Waals surface area contributed by atoms with E-state index in [-0.39, 0.29) is 17.9 Å². The first-order chi connectivity index (χ1) is 19.3. The minimum atomic E-state index is -3.24. The number of halogens is 3. The number of hydrogen-bond acceptors (Lipinski definition) is 5. The summed E-state index contributed by atoms with van der Waals surface area (Å²) >= 11 is 0. The molecule has 2 aromatic carbocycles. The Labute approximate surface area is 233 Å². The van der Waals surface area contributed by atoms with Gasteiger partial charge in [0, 0.05) is 30.5 Å². The average Bonchev–Trinajstić information content (AvgIpc) is 3.72. The molecule has 4 aliphatic rings. The fraction of sp³-hybridized carbons (Fsp3) is 0.531. The largest absolute Gasteiger partial charge is 0.363 e. The molecule has 4 heterocycles. The zero-order valence-electron chi connectivity index (χ0n) is 23.0. The molecule has 1 saturated carbocycles. The third kappa shape index (κ3) is 5.16. The van der Waals surface area contributed by atoms with Crippen molar-refractivity contribution in [3.8, 4) is 6.07 Å². The number of rotatable bonds is 1. The highest BCUT2D eigenvalue weighted by Gasteiger charge is 2.45. The van der Waals surface area contributed by atoms with Crippen molar-refractivity contribution < 1.29 is 13.2 Å². The van der Waals surface area contributed by atoms with Crippen LogP contribution in [0.4, 0.5) is 19.0 Å². The van der Waals surface area contributed by atoms with Crippen molar-refractivity contribution >= 4 is 16.7 Å². The van der Waals surface area contributed by atoms with E-state index < -0.39 is 28.8 Å². The first-order valence-electron chi connectivity index (χ1n) is 14.6. The molecule has 8 heteroatoms. The van der Waals surface area contributed by atoms with E-state index in [1.54, 1.807) is 13.0 Å². The molecule has 2 fully saturated rings. The Morgan fingerprint density at radius 3 is 2.60 bits per heavy atom. The first kappa shape index (κ1) is 27.0. The molecular formula is C32H36F3N5. The van der Waals surface area contributed by atoms with E-state index in [0.29, 0.717) is 18.9 Å². The second-order valence-corrected chi connectivity index (χ2v) is 12.1. The molecule has 1 atom stereocenters. The molecule has 1 N–H and O–H groups in total. The highest BCUT2D eigenvalue weighted by atomic mass is 19.3. The van der Waals surface area contributed by atoms with Gasteiger partial charge >= 0.3 is 0 Å². The van der Waals surface area contributed by atoms with Crippen LogP contribution in [0.2, 0.25) is 0 Å². The summed E-state index contributed by atoms with van der Waals surface area (Å²) in [6.45, 7) is 3.99. The van der Waals surface area contributed by atoms with E-state index in [1.165, 1.54) is 18.5 Å². The predicted molar refractivity (Wildman–Crippen MR) is 150 cm³/mol. The van der Waals surface area contributed by atoms with Crippen LogP contribution in [-0.4, -0.2) is 34.5 Å². The van der Waals surface area contributed by atoms with Crippen molar-refractivity contribution in [2.24, 2.45) is 5.92 Å². The van der Waals surface area contributed by atoms with Gasteiger partial charge in [0.2, 0.25) is 0 Å². The van der Waals surface area contributed by atoms with Gasteiger partial charge in [-0.3, -0.25) is 0 Å². The standard InChI is InChI=1S/C32H36F3N5/c1-21-25-9-7-10-27(28(25)33)32(34,35)16-22-17-40(18-22)13-6-4-2-3-5-8-23-14-24(31(19-36)11-12-31)15-26-29(23)37-20-38-30(26)39-21/h7,9-10,14-15,20-22H,2-6,8,11-13,16-18H2,1H3,(H,37,38,39)/t21-/m1/s1. The van der Waals surface area contributed by atoms with E-state index in [4.69, 9.17) is 0 Å². The smallest absolute Gasteiger partial charge is 0.276 e. The monoisotopic (exact) mass is 547 g/mol. The normalized spacial score (nSPS) is 26.1. The lowest BCUT2D eigenvalue weighted by Gasteiger charge is -2.41. The van der Waals surface area contributed by atoms with Crippen molar-refractivity contribution in [1.82, 2.24) is 14.9 Å². The Morgan fingerprint density at radius 2 is 1.82 bits per heavy atom. The van der Waals surface area contributed by atoms with Crippen LogP contribution in [0, 0.1) is 23.1 Å². The summed E-state index contributed by atoms with van der Waals surface area (Å²) in [4.78, 5) is 11.3. The summed E-state index contributed by atoms with van der Waals surface area (Å²) in [6.07, 6.45) is 9.10. The minimum absolute atomic E-state index is 0.124. The number of nitriles is 1. The van der Waals surface area contributed by atoms with Crippen LogP contribution in [0.5, 0.6) is 0 Å². The van der Waals surface area contributed by atoms with Crippen molar-refractivity contribution in [1.29, 1.82) is 5.26 Å². The fourth-order valence-corrected chi connectivity index (χ4v) is 6.51. The number of aryl methyl sites for hydroxylation is 1. The van der Waals surface area contributed by atoms with Gasteiger partial charge in [0.25, 0.3) is 5.92 Å². The van der Waals surface area contributed by atoms with Gasteiger partial charge < -0.3 is 10.2 Å². The fourth-order valence-electron chi connectivity index (χ4n) is 6.51. The number of hydrogen-bond donors (Lipinski definition) is 1.